The summed E-state index contributed by atoms with van der Waals surface area (Å²) in [6.45, 7) is 0. The molecule has 2 rings (SSSR count). The van der Waals surface area contributed by atoms with Gasteiger partial charge in [-0.15, -0.1) is 0 Å². The highest BCUT2D eigenvalue weighted by Gasteiger charge is 2.38. The van der Waals surface area contributed by atoms with Gasteiger partial charge in [-0.3, -0.25) is 4.79 Å². The quantitative estimate of drug-likeness (QED) is 0.836. The van der Waals surface area contributed by atoms with Crippen molar-refractivity contribution in [3.8, 4) is 0 Å². The molecule has 1 fully saturated rings. The van der Waals surface area contributed by atoms with Crippen molar-refractivity contribution >= 4 is 5.97 Å². The van der Waals surface area contributed by atoms with Crippen LogP contribution in [0.1, 0.15) is 50.8 Å². The second kappa shape index (κ2) is 5.55. The predicted octanol–water partition coefficient (Wildman–Crippen LogP) is 2.78. The molecule has 1 aliphatic rings. The summed E-state index contributed by atoms with van der Waals surface area (Å²) in [7, 11) is 1.96. The molecule has 0 unspecified atom stereocenters. The van der Waals surface area contributed by atoms with Crippen molar-refractivity contribution in [3.05, 3.63) is 18.2 Å². The van der Waals surface area contributed by atoms with Crippen LogP contribution in [0.15, 0.2) is 12.4 Å². The maximum Gasteiger partial charge on any atom is 0.309 e. The fraction of sp³-hybridized carbons (Fsp3) is 0.714. The van der Waals surface area contributed by atoms with Gasteiger partial charge in [0.25, 0.3) is 0 Å². The van der Waals surface area contributed by atoms with Crippen LogP contribution in [0.4, 0.5) is 0 Å². The average molecular weight is 250 g/mol. The van der Waals surface area contributed by atoms with Crippen LogP contribution >= 0.6 is 0 Å². The first-order valence-electron chi connectivity index (χ1n) is 6.84. The summed E-state index contributed by atoms with van der Waals surface area (Å²) in [5.74, 6) is 0.374. The minimum absolute atomic E-state index is 0.511. The molecule has 1 heterocycles. The van der Waals surface area contributed by atoms with Crippen LogP contribution in [0, 0.1) is 5.41 Å². The number of rotatable bonds is 4. The number of aromatic nitrogens is 2. The first-order valence-corrected chi connectivity index (χ1v) is 6.84. The first kappa shape index (κ1) is 13.1. The van der Waals surface area contributed by atoms with Crippen molar-refractivity contribution in [2.45, 2.75) is 51.4 Å². The second-order valence-electron chi connectivity index (χ2n) is 5.45. The number of aliphatic carboxylic acids is 1. The third-order valence-corrected chi connectivity index (χ3v) is 4.26. The topological polar surface area (TPSA) is 55.1 Å². The normalized spacial score (nSPS) is 19.4. The van der Waals surface area contributed by atoms with Crippen LogP contribution in [0.25, 0.3) is 0 Å². The van der Waals surface area contributed by atoms with Crippen molar-refractivity contribution in [3.63, 3.8) is 0 Å². The van der Waals surface area contributed by atoms with E-state index in [0.29, 0.717) is 6.42 Å². The van der Waals surface area contributed by atoms with Crippen molar-refractivity contribution in [2.24, 2.45) is 12.5 Å². The molecular formula is C14H22N2O2. The Hall–Kier alpha value is -1.32. The van der Waals surface area contributed by atoms with Crippen LogP contribution in [0.3, 0.4) is 0 Å². The maximum absolute atomic E-state index is 11.6. The van der Waals surface area contributed by atoms with Gasteiger partial charge in [-0.05, 0) is 19.3 Å². The van der Waals surface area contributed by atoms with Gasteiger partial charge in [-0.1, -0.05) is 25.7 Å². The van der Waals surface area contributed by atoms with E-state index in [0.717, 1.165) is 37.9 Å². The highest BCUT2D eigenvalue weighted by molar-refractivity contribution is 5.74. The zero-order chi connectivity index (χ0) is 13.0. The molecule has 0 amide bonds. The second-order valence-corrected chi connectivity index (χ2v) is 5.45. The molecule has 0 atom stereocenters. The molecule has 1 N–H and O–H groups in total. The molecular weight excluding hydrogens is 228 g/mol. The number of carbonyl (C=O) groups is 1. The van der Waals surface area contributed by atoms with Gasteiger partial charge in [-0.25, -0.2) is 4.98 Å². The van der Waals surface area contributed by atoms with Gasteiger partial charge in [0.05, 0.1) is 5.41 Å². The molecule has 0 spiro atoms. The van der Waals surface area contributed by atoms with Crippen LogP contribution < -0.4 is 0 Å². The van der Waals surface area contributed by atoms with Crippen LogP contribution in [0.2, 0.25) is 0 Å². The zero-order valence-electron chi connectivity index (χ0n) is 11.1. The minimum atomic E-state index is -0.612. The fourth-order valence-electron chi connectivity index (χ4n) is 2.96. The van der Waals surface area contributed by atoms with Crippen molar-refractivity contribution in [1.29, 1.82) is 0 Å². The van der Waals surface area contributed by atoms with E-state index in [9.17, 15) is 9.90 Å². The maximum atomic E-state index is 11.6. The molecule has 100 valence electrons. The largest absolute Gasteiger partial charge is 0.481 e. The smallest absolute Gasteiger partial charge is 0.309 e. The molecule has 0 radical (unpaired) electrons. The number of hydrogen-bond donors (Lipinski definition) is 1. The van der Waals surface area contributed by atoms with Gasteiger partial charge in [0.15, 0.2) is 0 Å². The van der Waals surface area contributed by atoms with E-state index >= 15 is 0 Å². The molecule has 4 nitrogen and oxygen atoms in total. The van der Waals surface area contributed by atoms with E-state index in [-0.39, 0.29) is 0 Å². The van der Waals surface area contributed by atoms with Gasteiger partial charge in [0.2, 0.25) is 0 Å². The Balaban J connectivity index is 2.06. The van der Waals surface area contributed by atoms with Crippen LogP contribution in [-0.2, 0) is 18.3 Å². The molecule has 1 saturated carbocycles. The summed E-state index contributed by atoms with van der Waals surface area (Å²) in [6, 6.07) is 0. The van der Waals surface area contributed by atoms with Crippen molar-refractivity contribution in [2.75, 3.05) is 0 Å². The standard InChI is InChI=1S/C14H22N2O2/c1-16-11-10-15-12(16)6-9-14(13(17)18)7-4-2-3-5-8-14/h10-11H,2-9H2,1H3,(H,17,18). The van der Waals surface area contributed by atoms with E-state index in [1.54, 1.807) is 6.20 Å². The Morgan fingerprint density at radius 3 is 2.56 bits per heavy atom. The Morgan fingerprint density at radius 2 is 2.06 bits per heavy atom. The molecule has 4 heteroatoms. The number of carboxylic acids is 1. The Labute approximate surface area is 108 Å². The molecule has 1 aliphatic carbocycles. The Bertz CT molecular complexity index is 404. The molecule has 0 bridgehead atoms. The summed E-state index contributed by atoms with van der Waals surface area (Å²) < 4.78 is 1.98. The van der Waals surface area contributed by atoms with Crippen LogP contribution in [0.5, 0.6) is 0 Å². The zero-order valence-corrected chi connectivity index (χ0v) is 11.1. The van der Waals surface area contributed by atoms with Gasteiger partial charge >= 0.3 is 5.97 Å². The van der Waals surface area contributed by atoms with Gasteiger partial charge in [0.1, 0.15) is 5.82 Å². The van der Waals surface area contributed by atoms with Gasteiger partial charge < -0.3 is 9.67 Å². The number of nitrogens with zero attached hydrogens (tertiary/aromatic N) is 2. The fourth-order valence-corrected chi connectivity index (χ4v) is 2.96. The number of imidazole rings is 1. The number of carboxylic acid groups (broad SMARTS) is 1. The highest BCUT2D eigenvalue weighted by Crippen LogP contribution is 2.39. The van der Waals surface area contributed by atoms with Gasteiger partial charge in [-0.2, -0.15) is 0 Å². The summed E-state index contributed by atoms with van der Waals surface area (Å²) in [5.41, 5.74) is -0.511. The third-order valence-electron chi connectivity index (χ3n) is 4.26. The third kappa shape index (κ3) is 2.74. The summed E-state index contributed by atoms with van der Waals surface area (Å²) in [4.78, 5) is 15.9. The molecule has 0 saturated heterocycles. The Kier molecular flexibility index (Phi) is 4.04. The molecule has 1 aromatic rings. The molecule has 1 aromatic heterocycles. The Morgan fingerprint density at radius 1 is 1.39 bits per heavy atom. The van der Waals surface area contributed by atoms with E-state index < -0.39 is 11.4 Å². The molecule has 18 heavy (non-hydrogen) atoms. The number of hydrogen-bond acceptors (Lipinski definition) is 2. The van der Waals surface area contributed by atoms with E-state index in [4.69, 9.17) is 0 Å². The molecule has 0 aliphatic heterocycles. The lowest BCUT2D eigenvalue weighted by molar-refractivity contribution is -0.150. The van der Waals surface area contributed by atoms with Crippen molar-refractivity contribution < 1.29 is 9.90 Å². The lowest BCUT2D eigenvalue weighted by atomic mass is 9.76. The average Bonchev–Trinajstić information content (AvgIpc) is 2.63. The lowest BCUT2D eigenvalue weighted by Crippen LogP contribution is -2.31. The number of aryl methyl sites for hydroxylation is 2. The van der Waals surface area contributed by atoms with E-state index in [2.05, 4.69) is 4.98 Å². The summed E-state index contributed by atoms with van der Waals surface area (Å²) in [5, 5.41) is 9.58. The van der Waals surface area contributed by atoms with Crippen LogP contribution in [-0.4, -0.2) is 20.6 Å². The first-order chi connectivity index (χ1) is 8.64. The molecule has 0 aromatic carbocycles. The SMILES string of the molecule is Cn1ccnc1CCC1(C(=O)O)CCCCCC1. The van der Waals surface area contributed by atoms with E-state index in [1.807, 2.05) is 17.8 Å². The minimum Gasteiger partial charge on any atom is -0.481 e. The summed E-state index contributed by atoms with van der Waals surface area (Å²) >= 11 is 0. The van der Waals surface area contributed by atoms with Crippen molar-refractivity contribution in [1.82, 2.24) is 9.55 Å². The van der Waals surface area contributed by atoms with Gasteiger partial charge in [0, 0.05) is 25.9 Å². The van der Waals surface area contributed by atoms with E-state index in [1.165, 1.54) is 12.8 Å². The highest BCUT2D eigenvalue weighted by atomic mass is 16.4. The lowest BCUT2D eigenvalue weighted by Gasteiger charge is -2.27. The summed E-state index contributed by atoms with van der Waals surface area (Å²) in [6.07, 6.45) is 11.3. The monoisotopic (exact) mass is 250 g/mol. The predicted molar refractivity (Wildman–Crippen MR) is 69.3 cm³/mol.